The zero-order valence-electron chi connectivity index (χ0n) is 16.6. The number of aromatic nitrogens is 1. The standard InChI is InChI=1S/C25H24N2O2/c1-3-29-21-14-12-20(13-15-21)27-23(18-7-5-4-6-8-18)22-16-11-19-10-9-17(2)26-24(19)25(22)28/h4-16,23,27-28H,3H2,1-2H3. The van der Waals surface area contributed by atoms with Gasteiger partial charge in [0.1, 0.15) is 17.0 Å². The van der Waals surface area contributed by atoms with Crippen LogP contribution in [0.2, 0.25) is 0 Å². The van der Waals surface area contributed by atoms with Gasteiger partial charge in [0.05, 0.1) is 12.6 Å². The number of phenolic OH excluding ortho intramolecular Hbond substituents is 1. The van der Waals surface area contributed by atoms with Crippen LogP contribution in [0.3, 0.4) is 0 Å². The number of ether oxygens (including phenoxy) is 1. The minimum absolute atomic E-state index is 0.207. The monoisotopic (exact) mass is 384 g/mol. The summed E-state index contributed by atoms with van der Waals surface area (Å²) >= 11 is 0. The van der Waals surface area contributed by atoms with E-state index < -0.39 is 0 Å². The van der Waals surface area contributed by atoms with Gasteiger partial charge in [0.15, 0.2) is 0 Å². The zero-order chi connectivity index (χ0) is 20.2. The van der Waals surface area contributed by atoms with Crippen LogP contribution in [0.4, 0.5) is 5.69 Å². The molecule has 4 nitrogen and oxygen atoms in total. The van der Waals surface area contributed by atoms with E-state index in [4.69, 9.17) is 4.74 Å². The number of nitrogens with one attached hydrogen (secondary N) is 1. The largest absolute Gasteiger partial charge is 0.505 e. The molecule has 1 unspecified atom stereocenters. The van der Waals surface area contributed by atoms with E-state index in [9.17, 15) is 5.11 Å². The molecule has 0 saturated carbocycles. The number of benzene rings is 3. The Morgan fingerprint density at radius 3 is 2.38 bits per heavy atom. The van der Waals surface area contributed by atoms with Crippen molar-refractivity contribution in [1.82, 2.24) is 4.98 Å². The average molecular weight is 384 g/mol. The summed E-state index contributed by atoms with van der Waals surface area (Å²) in [6, 6.07) is 25.7. The molecule has 4 rings (SSSR count). The Balaban J connectivity index is 1.77. The second-order valence-corrected chi connectivity index (χ2v) is 6.97. The van der Waals surface area contributed by atoms with Gasteiger partial charge in [-0.25, -0.2) is 4.98 Å². The minimum atomic E-state index is -0.221. The molecule has 1 heterocycles. The van der Waals surface area contributed by atoms with Gasteiger partial charge in [0, 0.05) is 22.3 Å². The number of fused-ring (bicyclic) bond motifs is 1. The van der Waals surface area contributed by atoms with Crippen LogP contribution in [0.1, 0.15) is 29.8 Å². The smallest absolute Gasteiger partial charge is 0.147 e. The van der Waals surface area contributed by atoms with Crippen LogP contribution < -0.4 is 10.1 Å². The Hall–Kier alpha value is -3.53. The lowest BCUT2D eigenvalue weighted by molar-refractivity contribution is 0.340. The van der Waals surface area contributed by atoms with Crippen molar-refractivity contribution in [2.24, 2.45) is 0 Å². The van der Waals surface area contributed by atoms with Crippen molar-refractivity contribution in [3.63, 3.8) is 0 Å². The highest BCUT2D eigenvalue weighted by Crippen LogP contribution is 2.36. The fraction of sp³-hybridized carbons (Fsp3) is 0.160. The molecule has 0 amide bonds. The highest BCUT2D eigenvalue weighted by molar-refractivity contribution is 5.86. The summed E-state index contributed by atoms with van der Waals surface area (Å²) in [5.41, 5.74) is 4.29. The molecule has 146 valence electrons. The van der Waals surface area contributed by atoms with Crippen molar-refractivity contribution in [2.75, 3.05) is 11.9 Å². The Kier molecular flexibility index (Phi) is 5.34. The molecule has 0 bridgehead atoms. The third-order valence-corrected chi connectivity index (χ3v) is 4.93. The van der Waals surface area contributed by atoms with Crippen LogP contribution in [-0.4, -0.2) is 16.7 Å². The molecule has 2 N–H and O–H groups in total. The molecular weight excluding hydrogens is 360 g/mol. The highest BCUT2D eigenvalue weighted by atomic mass is 16.5. The summed E-state index contributed by atoms with van der Waals surface area (Å²) in [5.74, 6) is 1.04. The highest BCUT2D eigenvalue weighted by Gasteiger charge is 2.20. The lowest BCUT2D eigenvalue weighted by atomic mass is 9.96. The lowest BCUT2D eigenvalue weighted by Crippen LogP contribution is -2.13. The number of aromatic hydroxyl groups is 1. The lowest BCUT2D eigenvalue weighted by Gasteiger charge is -2.23. The fourth-order valence-electron chi connectivity index (χ4n) is 3.49. The predicted molar refractivity (Wildman–Crippen MR) is 118 cm³/mol. The van der Waals surface area contributed by atoms with Gasteiger partial charge in [0.25, 0.3) is 0 Å². The summed E-state index contributed by atoms with van der Waals surface area (Å²) < 4.78 is 5.54. The Morgan fingerprint density at radius 1 is 0.931 bits per heavy atom. The summed E-state index contributed by atoms with van der Waals surface area (Å²) in [6.07, 6.45) is 0. The maximum atomic E-state index is 11.1. The van der Waals surface area contributed by atoms with E-state index in [0.717, 1.165) is 33.6 Å². The van der Waals surface area contributed by atoms with E-state index in [1.54, 1.807) is 0 Å². The summed E-state index contributed by atoms with van der Waals surface area (Å²) in [6.45, 7) is 4.53. The van der Waals surface area contributed by atoms with Gasteiger partial charge < -0.3 is 15.2 Å². The number of aryl methyl sites for hydroxylation is 1. The van der Waals surface area contributed by atoms with E-state index in [-0.39, 0.29) is 11.8 Å². The minimum Gasteiger partial charge on any atom is -0.505 e. The SMILES string of the molecule is CCOc1ccc(NC(c2ccccc2)c2ccc3ccc(C)nc3c2O)cc1. The van der Waals surface area contributed by atoms with E-state index in [1.807, 2.05) is 80.6 Å². The van der Waals surface area contributed by atoms with E-state index in [1.165, 1.54) is 0 Å². The van der Waals surface area contributed by atoms with Crippen molar-refractivity contribution >= 4 is 16.6 Å². The van der Waals surface area contributed by atoms with Crippen molar-refractivity contribution in [3.05, 3.63) is 95.7 Å². The number of pyridine rings is 1. The zero-order valence-corrected chi connectivity index (χ0v) is 16.6. The van der Waals surface area contributed by atoms with Crippen LogP contribution in [-0.2, 0) is 0 Å². The number of rotatable bonds is 6. The first-order valence-corrected chi connectivity index (χ1v) is 9.79. The quantitative estimate of drug-likeness (QED) is 0.438. The third-order valence-electron chi connectivity index (χ3n) is 4.93. The van der Waals surface area contributed by atoms with Crippen molar-refractivity contribution < 1.29 is 9.84 Å². The Bertz CT molecular complexity index is 1110. The van der Waals surface area contributed by atoms with Crippen LogP contribution in [0.5, 0.6) is 11.5 Å². The predicted octanol–water partition coefficient (Wildman–Crippen LogP) is 5.85. The first-order chi connectivity index (χ1) is 14.2. The van der Waals surface area contributed by atoms with Gasteiger partial charge in [-0.2, -0.15) is 0 Å². The van der Waals surface area contributed by atoms with Crippen LogP contribution in [0.15, 0.2) is 78.9 Å². The molecule has 29 heavy (non-hydrogen) atoms. The van der Waals surface area contributed by atoms with Gasteiger partial charge in [-0.3, -0.25) is 0 Å². The van der Waals surface area contributed by atoms with Gasteiger partial charge in [-0.1, -0.05) is 48.5 Å². The van der Waals surface area contributed by atoms with Gasteiger partial charge in [0.2, 0.25) is 0 Å². The molecule has 1 aromatic heterocycles. The normalized spacial score (nSPS) is 11.9. The number of hydrogen-bond donors (Lipinski definition) is 2. The van der Waals surface area contributed by atoms with Gasteiger partial charge in [-0.15, -0.1) is 0 Å². The Morgan fingerprint density at radius 2 is 1.66 bits per heavy atom. The molecule has 1 atom stereocenters. The van der Waals surface area contributed by atoms with E-state index in [2.05, 4.69) is 22.4 Å². The topological polar surface area (TPSA) is 54.4 Å². The molecule has 0 spiro atoms. The molecule has 0 aliphatic rings. The summed E-state index contributed by atoms with van der Waals surface area (Å²) in [7, 11) is 0. The number of nitrogens with zero attached hydrogens (tertiary/aromatic N) is 1. The number of hydrogen-bond acceptors (Lipinski definition) is 4. The second kappa shape index (κ2) is 8.23. The molecule has 0 fully saturated rings. The van der Waals surface area contributed by atoms with E-state index in [0.29, 0.717) is 12.1 Å². The maximum Gasteiger partial charge on any atom is 0.147 e. The molecule has 0 aliphatic carbocycles. The average Bonchev–Trinajstić information content (AvgIpc) is 2.75. The molecule has 0 aliphatic heterocycles. The van der Waals surface area contributed by atoms with Crippen molar-refractivity contribution in [3.8, 4) is 11.5 Å². The molecule has 4 aromatic rings. The van der Waals surface area contributed by atoms with E-state index >= 15 is 0 Å². The first-order valence-electron chi connectivity index (χ1n) is 9.79. The second-order valence-electron chi connectivity index (χ2n) is 6.97. The molecule has 0 saturated heterocycles. The number of phenols is 1. The van der Waals surface area contributed by atoms with Crippen LogP contribution in [0, 0.1) is 6.92 Å². The Labute approximate surface area is 170 Å². The van der Waals surface area contributed by atoms with Crippen LogP contribution >= 0.6 is 0 Å². The van der Waals surface area contributed by atoms with Gasteiger partial charge in [-0.05, 0) is 49.7 Å². The van der Waals surface area contributed by atoms with Gasteiger partial charge >= 0.3 is 0 Å². The third kappa shape index (κ3) is 4.02. The molecule has 0 radical (unpaired) electrons. The molecular formula is C25H24N2O2. The summed E-state index contributed by atoms with van der Waals surface area (Å²) in [5, 5.41) is 15.6. The maximum absolute atomic E-state index is 11.1. The van der Waals surface area contributed by atoms with Crippen LogP contribution in [0.25, 0.3) is 10.9 Å². The van der Waals surface area contributed by atoms with Crippen molar-refractivity contribution in [1.29, 1.82) is 0 Å². The fourth-order valence-corrected chi connectivity index (χ4v) is 3.49. The van der Waals surface area contributed by atoms with Crippen molar-refractivity contribution in [2.45, 2.75) is 19.9 Å². The summed E-state index contributed by atoms with van der Waals surface area (Å²) in [4.78, 5) is 4.56. The first kappa shape index (κ1) is 18.8. The molecule has 3 aromatic carbocycles. The number of anilines is 1. The molecule has 4 heteroatoms.